The quantitative estimate of drug-likeness (QED) is 0.115. The van der Waals surface area contributed by atoms with Gasteiger partial charge in [0.2, 0.25) is 5.52 Å². The zero-order chi connectivity index (χ0) is 26.8. The smallest absolute Gasteiger partial charge is 0.212 e. The van der Waals surface area contributed by atoms with Crippen molar-refractivity contribution in [3.05, 3.63) is 0 Å². The van der Waals surface area contributed by atoms with Crippen molar-refractivity contribution >= 4 is 13.7 Å². The van der Waals surface area contributed by atoms with Crippen LogP contribution in [0.3, 0.4) is 0 Å². The zero-order valence-corrected chi connectivity index (χ0v) is 19.1. The molecule has 0 amide bonds. The van der Waals surface area contributed by atoms with Crippen LogP contribution in [0.1, 0.15) is 0 Å². The predicted molar refractivity (Wildman–Crippen MR) is 111 cm³/mol. The molecule has 15 atom stereocenters. The Hall–Kier alpha value is -0.500. The van der Waals surface area contributed by atoms with E-state index >= 15 is 0 Å². The minimum atomic E-state index is -2.72. The molecule has 0 aromatic rings. The van der Waals surface area contributed by atoms with Crippen molar-refractivity contribution in [1.82, 2.24) is 0 Å². The summed E-state index contributed by atoms with van der Waals surface area (Å²) in [6.45, 7) is -1.63. The molecule has 0 radical (unpaired) electrons. The van der Waals surface area contributed by atoms with Crippen molar-refractivity contribution in [1.29, 1.82) is 0 Å². The van der Waals surface area contributed by atoms with Crippen molar-refractivity contribution < 1.29 is 80.4 Å². The van der Waals surface area contributed by atoms with E-state index in [0.717, 1.165) is 0 Å². The van der Waals surface area contributed by atoms with Crippen LogP contribution in [0, 0.1) is 0 Å². The Bertz CT molecular complexity index is 685. The second-order valence-electron chi connectivity index (χ2n) is 8.52. The van der Waals surface area contributed by atoms with Crippen LogP contribution in [0.4, 0.5) is 0 Å². The first-order valence-corrected chi connectivity index (χ1v) is 12.1. The Kier molecular flexibility index (Phi) is 11.3. The van der Waals surface area contributed by atoms with Crippen molar-refractivity contribution in [2.24, 2.45) is 0 Å². The third-order valence-corrected chi connectivity index (χ3v) is 7.58. The fourth-order valence-corrected chi connectivity index (χ4v) is 5.09. The van der Waals surface area contributed by atoms with E-state index in [4.69, 9.17) is 14.6 Å². The van der Waals surface area contributed by atoms with Gasteiger partial charge in [0, 0.05) is 6.16 Å². The topological polar surface area (TPSA) is 299 Å². The van der Waals surface area contributed by atoms with Gasteiger partial charge < -0.3 is 75.6 Å². The summed E-state index contributed by atoms with van der Waals surface area (Å²) >= 11 is 0. The summed E-state index contributed by atoms with van der Waals surface area (Å²) < 4.78 is 10.3. The molecule has 0 saturated carbocycles. The minimum absolute atomic E-state index is 0.610. The average molecular weight is 536 g/mol. The van der Waals surface area contributed by atoms with Gasteiger partial charge in [0.1, 0.15) is 81.4 Å². The third kappa shape index (κ3) is 6.50. The van der Waals surface area contributed by atoms with Crippen LogP contribution >= 0.6 is 8.15 Å². The molecule has 7 unspecified atom stereocenters. The molecule has 17 heteroatoms. The van der Waals surface area contributed by atoms with Gasteiger partial charge in [0.05, 0.1) is 19.3 Å². The molecule has 0 aromatic heterocycles. The lowest BCUT2D eigenvalue weighted by molar-refractivity contribution is -0.276. The summed E-state index contributed by atoms with van der Waals surface area (Å²) in [5.74, 6) is 0. The Morgan fingerprint density at radius 1 is 0.743 bits per heavy atom. The molecular weight excluding hydrogens is 503 g/mol. The molecule has 0 spiro atoms. The SMILES string of the molecule is O=C([C@H]1OC(C(O)C(O)C(O)C2O[C@H](CO)[C@@H](O)[C@H](O)[C@H]2O)[C@H](O)[C@@H](O)[C@@H]1O)P(O)CC(O)CO. The van der Waals surface area contributed by atoms with Crippen LogP contribution in [-0.2, 0) is 14.3 Å². The Labute approximate surface area is 199 Å². The van der Waals surface area contributed by atoms with Crippen molar-refractivity contribution in [2.45, 2.75) is 85.5 Å². The molecule has 13 N–H and O–H groups in total. The standard InChI is InChI=1S/C18H33O16P/c19-1-4(21)3-35(32)18(31)17-14(30)9(25)13(29)16(34-17)12(28)8(24)11(27)15-10(26)7(23)6(22)5(2-20)33-15/h4-17,19-30,32H,1-3H2/t4?,5-,6-,7+,8?,9-,10-,11?,12?,13-,14+,15?,16?,17+,35?/m1/s1. The molecule has 0 aromatic carbocycles. The molecule has 16 nitrogen and oxygen atoms in total. The lowest BCUT2D eigenvalue weighted by atomic mass is 9.85. The Morgan fingerprint density at radius 3 is 1.71 bits per heavy atom. The maximum Gasteiger partial charge on any atom is 0.212 e. The van der Waals surface area contributed by atoms with E-state index in [9.17, 15) is 65.9 Å². The van der Waals surface area contributed by atoms with Gasteiger partial charge in [-0.1, -0.05) is 0 Å². The van der Waals surface area contributed by atoms with E-state index in [1.165, 1.54) is 0 Å². The van der Waals surface area contributed by atoms with Gasteiger partial charge in [-0.25, -0.2) is 0 Å². The maximum atomic E-state index is 12.5. The highest BCUT2D eigenvalue weighted by atomic mass is 31.1. The maximum absolute atomic E-state index is 12.5. The van der Waals surface area contributed by atoms with Crippen LogP contribution in [0.5, 0.6) is 0 Å². The summed E-state index contributed by atoms with van der Waals surface area (Å²) in [4.78, 5) is 22.5. The molecule has 35 heavy (non-hydrogen) atoms. The third-order valence-electron chi connectivity index (χ3n) is 6.04. The molecule has 2 aliphatic rings. The molecule has 2 saturated heterocycles. The number of carbonyl (C=O) groups excluding carboxylic acids is 1. The van der Waals surface area contributed by atoms with Crippen LogP contribution in [0.25, 0.3) is 0 Å². The van der Waals surface area contributed by atoms with Crippen LogP contribution in [0.15, 0.2) is 0 Å². The molecular formula is C18H33O16P. The van der Waals surface area contributed by atoms with E-state index in [2.05, 4.69) is 0 Å². The summed E-state index contributed by atoms with van der Waals surface area (Å²) in [5.41, 5.74) is -1.23. The van der Waals surface area contributed by atoms with E-state index in [-0.39, 0.29) is 0 Å². The Morgan fingerprint density at radius 2 is 1.23 bits per heavy atom. The van der Waals surface area contributed by atoms with Gasteiger partial charge in [-0.3, -0.25) is 4.79 Å². The zero-order valence-electron chi connectivity index (χ0n) is 18.2. The van der Waals surface area contributed by atoms with E-state index in [1.807, 2.05) is 0 Å². The number of hydrogen-bond acceptors (Lipinski definition) is 16. The van der Waals surface area contributed by atoms with Gasteiger partial charge >= 0.3 is 0 Å². The second kappa shape index (κ2) is 12.8. The average Bonchev–Trinajstić information content (AvgIpc) is 2.84. The summed E-state index contributed by atoms with van der Waals surface area (Å²) in [5, 5.41) is 119. The van der Waals surface area contributed by atoms with Crippen LogP contribution in [-0.4, -0.2) is 177 Å². The first kappa shape index (κ1) is 30.7. The van der Waals surface area contributed by atoms with Crippen molar-refractivity contribution in [2.75, 3.05) is 19.4 Å². The number of aliphatic hydroxyl groups is 12. The van der Waals surface area contributed by atoms with Crippen molar-refractivity contribution in [3.63, 3.8) is 0 Å². The van der Waals surface area contributed by atoms with Gasteiger partial charge in [-0.05, 0) is 0 Å². The van der Waals surface area contributed by atoms with Gasteiger partial charge in [0.15, 0.2) is 6.10 Å². The summed E-state index contributed by atoms with van der Waals surface area (Å²) in [7, 11) is -2.72. The molecule has 0 aliphatic carbocycles. The predicted octanol–water partition coefficient (Wildman–Crippen LogP) is -7.97. The molecule has 2 rings (SSSR count). The number of ether oxygens (including phenoxy) is 2. The normalized spacial score (nSPS) is 42.7. The molecule has 206 valence electrons. The molecule has 2 heterocycles. The largest absolute Gasteiger partial charge is 0.394 e. The molecule has 2 aliphatic heterocycles. The minimum Gasteiger partial charge on any atom is -0.394 e. The molecule has 0 bridgehead atoms. The van der Waals surface area contributed by atoms with E-state index in [1.54, 1.807) is 0 Å². The van der Waals surface area contributed by atoms with E-state index < -0.39 is 119 Å². The monoisotopic (exact) mass is 536 g/mol. The van der Waals surface area contributed by atoms with Crippen molar-refractivity contribution in [3.8, 4) is 0 Å². The van der Waals surface area contributed by atoms with Gasteiger partial charge in [-0.15, -0.1) is 0 Å². The first-order valence-electron chi connectivity index (χ1n) is 10.6. The highest BCUT2D eigenvalue weighted by molar-refractivity contribution is 7.69. The first-order chi connectivity index (χ1) is 16.3. The lowest BCUT2D eigenvalue weighted by Crippen LogP contribution is -2.67. The molecule has 2 fully saturated rings. The summed E-state index contributed by atoms with van der Waals surface area (Å²) in [6.07, 6.45) is -28.5. The lowest BCUT2D eigenvalue weighted by Gasteiger charge is -2.45. The highest BCUT2D eigenvalue weighted by Crippen LogP contribution is 2.38. The Balaban J connectivity index is 2.19. The second-order valence-corrected chi connectivity index (χ2v) is 10.1. The van der Waals surface area contributed by atoms with Crippen LogP contribution < -0.4 is 0 Å². The fraction of sp³-hybridized carbons (Fsp3) is 0.944. The van der Waals surface area contributed by atoms with E-state index in [0.29, 0.717) is 0 Å². The number of aliphatic hydroxyl groups excluding tert-OH is 12. The van der Waals surface area contributed by atoms with Gasteiger partial charge in [0.25, 0.3) is 0 Å². The highest BCUT2D eigenvalue weighted by Gasteiger charge is 2.54. The fourth-order valence-electron chi connectivity index (χ4n) is 3.89. The summed E-state index contributed by atoms with van der Waals surface area (Å²) in [6, 6.07) is 0. The van der Waals surface area contributed by atoms with Crippen LogP contribution in [0.2, 0.25) is 0 Å². The number of hydrogen-bond donors (Lipinski definition) is 13. The number of rotatable bonds is 10. The number of carbonyl (C=O) groups is 1. The van der Waals surface area contributed by atoms with Gasteiger partial charge in [-0.2, -0.15) is 0 Å².